The van der Waals surface area contributed by atoms with E-state index in [1.54, 1.807) is 0 Å². The third-order valence-electron chi connectivity index (χ3n) is 2.03. The first kappa shape index (κ1) is 7.32. The molecule has 0 aliphatic rings. The van der Waals surface area contributed by atoms with Crippen molar-refractivity contribution in [1.82, 2.24) is 10.4 Å². The highest BCUT2D eigenvalue weighted by molar-refractivity contribution is 5.81. The SMILES string of the molecule is c1ccc2oc(-c3cnno3)cc2c1. The van der Waals surface area contributed by atoms with Crippen LogP contribution in [0.3, 0.4) is 0 Å². The van der Waals surface area contributed by atoms with E-state index < -0.39 is 0 Å². The maximum absolute atomic E-state index is 5.54. The normalized spacial score (nSPS) is 10.9. The zero-order valence-corrected chi connectivity index (χ0v) is 7.18. The molecule has 0 fully saturated rings. The third-order valence-corrected chi connectivity index (χ3v) is 2.03. The maximum Gasteiger partial charge on any atom is 0.222 e. The van der Waals surface area contributed by atoms with Gasteiger partial charge in [0.1, 0.15) is 11.8 Å². The molecule has 0 spiro atoms. The molecule has 0 aliphatic carbocycles. The van der Waals surface area contributed by atoms with Gasteiger partial charge in [-0.3, -0.25) is 0 Å². The highest BCUT2D eigenvalue weighted by atomic mass is 16.5. The van der Waals surface area contributed by atoms with E-state index in [1.807, 2.05) is 30.3 Å². The number of para-hydroxylation sites is 1. The fraction of sp³-hybridized carbons (Fsp3) is 0. The van der Waals surface area contributed by atoms with Crippen LogP contribution in [0.5, 0.6) is 0 Å². The molecule has 3 rings (SSSR count). The highest BCUT2D eigenvalue weighted by Crippen LogP contribution is 2.26. The Kier molecular flexibility index (Phi) is 1.41. The minimum Gasteiger partial charge on any atom is -0.453 e. The standard InChI is InChI=1S/C10H6N2O2/c1-2-4-8-7(3-1)5-9(13-8)10-6-11-12-14-10/h1-6H. The second-order valence-corrected chi connectivity index (χ2v) is 2.93. The lowest BCUT2D eigenvalue weighted by molar-refractivity contribution is 0.395. The first-order valence-electron chi connectivity index (χ1n) is 4.20. The molecule has 68 valence electrons. The monoisotopic (exact) mass is 186 g/mol. The van der Waals surface area contributed by atoms with Gasteiger partial charge in [-0.05, 0) is 12.1 Å². The Hall–Kier alpha value is -2.10. The second-order valence-electron chi connectivity index (χ2n) is 2.93. The van der Waals surface area contributed by atoms with E-state index in [1.165, 1.54) is 6.20 Å². The molecular weight excluding hydrogens is 180 g/mol. The van der Waals surface area contributed by atoms with Crippen molar-refractivity contribution in [1.29, 1.82) is 0 Å². The van der Waals surface area contributed by atoms with Crippen molar-refractivity contribution >= 4 is 11.0 Å². The average Bonchev–Trinajstić information content (AvgIpc) is 2.86. The summed E-state index contributed by atoms with van der Waals surface area (Å²) in [5, 5.41) is 8.02. The summed E-state index contributed by atoms with van der Waals surface area (Å²) in [6.07, 6.45) is 1.53. The second kappa shape index (κ2) is 2.70. The van der Waals surface area contributed by atoms with E-state index in [-0.39, 0.29) is 0 Å². The van der Waals surface area contributed by atoms with Crippen LogP contribution in [0, 0.1) is 0 Å². The smallest absolute Gasteiger partial charge is 0.222 e. The molecule has 2 aromatic heterocycles. The van der Waals surface area contributed by atoms with Gasteiger partial charge in [0.25, 0.3) is 0 Å². The van der Waals surface area contributed by atoms with Crippen LogP contribution in [-0.2, 0) is 0 Å². The minimum absolute atomic E-state index is 0.543. The van der Waals surface area contributed by atoms with Crippen molar-refractivity contribution in [3.8, 4) is 11.5 Å². The molecule has 3 aromatic rings. The van der Waals surface area contributed by atoms with E-state index in [0.29, 0.717) is 11.5 Å². The Morgan fingerprint density at radius 2 is 2.00 bits per heavy atom. The Labute approximate surface area is 79.1 Å². The van der Waals surface area contributed by atoms with E-state index in [2.05, 4.69) is 10.4 Å². The summed E-state index contributed by atoms with van der Waals surface area (Å²) in [6, 6.07) is 9.67. The van der Waals surface area contributed by atoms with Crippen LogP contribution < -0.4 is 0 Å². The largest absolute Gasteiger partial charge is 0.453 e. The summed E-state index contributed by atoms with van der Waals surface area (Å²) < 4.78 is 10.4. The van der Waals surface area contributed by atoms with Crippen LogP contribution in [-0.4, -0.2) is 10.4 Å². The van der Waals surface area contributed by atoms with Crippen LogP contribution in [0.4, 0.5) is 0 Å². The number of hydrogen-bond donors (Lipinski definition) is 0. The molecule has 14 heavy (non-hydrogen) atoms. The first-order chi connectivity index (χ1) is 6.93. The topological polar surface area (TPSA) is 52.1 Å². The fourth-order valence-corrected chi connectivity index (χ4v) is 1.38. The van der Waals surface area contributed by atoms with Gasteiger partial charge in [0, 0.05) is 10.7 Å². The van der Waals surface area contributed by atoms with Gasteiger partial charge in [0.15, 0.2) is 5.76 Å². The molecular formula is C10H6N2O2. The molecule has 4 nitrogen and oxygen atoms in total. The molecule has 0 unspecified atom stereocenters. The number of aromatic nitrogens is 2. The van der Waals surface area contributed by atoms with Crippen molar-refractivity contribution in [2.45, 2.75) is 0 Å². The number of furan rings is 1. The number of benzene rings is 1. The molecule has 0 N–H and O–H groups in total. The summed E-state index contributed by atoms with van der Waals surface area (Å²) in [5.74, 6) is 1.19. The molecule has 0 saturated carbocycles. The molecule has 0 atom stereocenters. The predicted octanol–water partition coefficient (Wildman–Crippen LogP) is 2.48. The summed E-state index contributed by atoms with van der Waals surface area (Å²) in [5.41, 5.74) is 0.832. The Morgan fingerprint density at radius 1 is 1.07 bits per heavy atom. The van der Waals surface area contributed by atoms with Gasteiger partial charge in [-0.15, -0.1) is 5.10 Å². The first-order valence-corrected chi connectivity index (χ1v) is 4.20. The zero-order valence-electron chi connectivity index (χ0n) is 7.18. The van der Waals surface area contributed by atoms with Crippen LogP contribution in [0.2, 0.25) is 0 Å². The number of hydrogen-bond acceptors (Lipinski definition) is 4. The van der Waals surface area contributed by atoms with E-state index in [4.69, 9.17) is 8.94 Å². The molecule has 1 aromatic carbocycles. The molecule has 0 amide bonds. The maximum atomic E-state index is 5.54. The molecule has 0 bridgehead atoms. The van der Waals surface area contributed by atoms with Crippen molar-refractivity contribution in [3.05, 3.63) is 36.5 Å². The van der Waals surface area contributed by atoms with Crippen molar-refractivity contribution in [3.63, 3.8) is 0 Å². The van der Waals surface area contributed by atoms with E-state index in [0.717, 1.165) is 11.0 Å². The van der Waals surface area contributed by atoms with Crippen LogP contribution in [0.25, 0.3) is 22.5 Å². The quantitative estimate of drug-likeness (QED) is 0.585. The molecule has 0 saturated heterocycles. The molecule has 4 heteroatoms. The van der Waals surface area contributed by atoms with Crippen LogP contribution in [0.1, 0.15) is 0 Å². The Bertz CT molecular complexity index is 521. The predicted molar refractivity (Wildman–Crippen MR) is 49.5 cm³/mol. The van der Waals surface area contributed by atoms with E-state index in [9.17, 15) is 0 Å². The number of fused-ring (bicyclic) bond motifs is 1. The van der Waals surface area contributed by atoms with Crippen molar-refractivity contribution < 1.29 is 8.94 Å². The zero-order chi connectivity index (χ0) is 9.38. The lowest BCUT2D eigenvalue weighted by Gasteiger charge is -1.84. The van der Waals surface area contributed by atoms with Gasteiger partial charge >= 0.3 is 0 Å². The van der Waals surface area contributed by atoms with Crippen molar-refractivity contribution in [2.75, 3.05) is 0 Å². The lowest BCUT2D eigenvalue weighted by atomic mass is 10.2. The average molecular weight is 186 g/mol. The summed E-state index contributed by atoms with van der Waals surface area (Å²) in [7, 11) is 0. The van der Waals surface area contributed by atoms with Gasteiger partial charge < -0.3 is 8.94 Å². The minimum atomic E-state index is 0.543. The third kappa shape index (κ3) is 1.01. The number of rotatable bonds is 1. The van der Waals surface area contributed by atoms with Gasteiger partial charge in [0.2, 0.25) is 5.76 Å². The van der Waals surface area contributed by atoms with Gasteiger partial charge in [-0.1, -0.05) is 18.2 Å². The van der Waals surface area contributed by atoms with Crippen molar-refractivity contribution in [2.24, 2.45) is 0 Å². The van der Waals surface area contributed by atoms with Gasteiger partial charge in [-0.2, -0.15) is 0 Å². The Balaban J connectivity index is 2.24. The van der Waals surface area contributed by atoms with Gasteiger partial charge in [-0.25, -0.2) is 0 Å². The van der Waals surface area contributed by atoms with Crippen LogP contribution in [0.15, 0.2) is 45.5 Å². The fourth-order valence-electron chi connectivity index (χ4n) is 1.38. The van der Waals surface area contributed by atoms with Crippen LogP contribution >= 0.6 is 0 Å². The molecule has 2 heterocycles. The lowest BCUT2D eigenvalue weighted by Crippen LogP contribution is -1.63. The summed E-state index contributed by atoms with van der Waals surface area (Å²) in [4.78, 5) is 0. The van der Waals surface area contributed by atoms with E-state index >= 15 is 0 Å². The molecule has 0 radical (unpaired) electrons. The summed E-state index contributed by atoms with van der Waals surface area (Å²) in [6.45, 7) is 0. The Morgan fingerprint density at radius 3 is 2.79 bits per heavy atom. The van der Waals surface area contributed by atoms with Gasteiger partial charge in [0.05, 0.1) is 0 Å². The number of nitrogens with zero attached hydrogens (tertiary/aromatic N) is 2. The highest BCUT2D eigenvalue weighted by Gasteiger charge is 2.08. The molecule has 0 aliphatic heterocycles. The summed E-state index contributed by atoms with van der Waals surface area (Å²) >= 11 is 0.